The molecule has 1 aromatic heterocycles. The Bertz CT molecular complexity index is 269. The van der Waals surface area contributed by atoms with Crippen LogP contribution in [0.4, 0.5) is 4.79 Å². The van der Waals surface area contributed by atoms with Gasteiger partial charge in [-0.1, -0.05) is 0 Å². The van der Waals surface area contributed by atoms with Crippen LogP contribution in [0.15, 0.2) is 16.9 Å². The second-order valence-corrected chi connectivity index (χ2v) is 3.20. The largest absolute Gasteiger partial charge is 0.344 e. The van der Waals surface area contributed by atoms with Gasteiger partial charge >= 0.3 is 6.03 Å². The molecule has 0 bridgehead atoms. The van der Waals surface area contributed by atoms with Crippen molar-refractivity contribution >= 4 is 22.0 Å². The van der Waals surface area contributed by atoms with E-state index in [2.05, 4.69) is 21.0 Å². The third kappa shape index (κ3) is 1.80. The minimum absolute atomic E-state index is 0.157. The van der Waals surface area contributed by atoms with Crippen molar-refractivity contribution < 1.29 is 4.79 Å². The highest BCUT2D eigenvalue weighted by Gasteiger charge is 2.06. The summed E-state index contributed by atoms with van der Waals surface area (Å²) in [5.74, 6) is 0. The Balaban J connectivity index is 2.85. The molecule has 1 amide bonds. The van der Waals surface area contributed by atoms with Gasteiger partial charge in [-0.25, -0.2) is 4.79 Å². The van der Waals surface area contributed by atoms with Crippen LogP contribution < -0.4 is 0 Å². The molecule has 0 fully saturated rings. The second kappa shape index (κ2) is 3.04. The molecule has 0 saturated carbocycles. The third-order valence-corrected chi connectivity index (χ3v) is 1.54. The van der Waals surface area contributed by atoms with Crippen molar-refractivity contribution in [2.45, 2.75) is 0 Å². The van der Waals surface area contributed by atoms with Crippen molar-refractivity contribution in [3.63, 3.8) is 0 Å². The van der Waals surface area contributed by atoms with Crippen molar-refractivity contribution in [1.82, 2.24) is 14.7 Å². The van der Waals surface area contributed by atoms with Gasteiger partial charge in [0, 0.05) is 20.3 Å². The normalized spacial score (nSPS) is 9.73. The molecule has 0 saturated heterocycles. The monoisotopic (exact) mass is 217 g/mol. The first kappa shape index (κ1) is 8.26. The number of rotatable bonds is 0. The number of carbonyl (C=O) groups excluding carboxylic acids is 1. The molecular formula is C6H8BrN3O. The zero-order chi connectivity index (χ0) is 8.43. The molecule has 60 valence electrons. The van der Waals surface area contributed by atoms with E-state index < -0.39 is 0 Å². The first-order valence-electron chi connectivity index (χ1n) is 3.03. The maximum Gasteiger partial charge on any atom is 0.344 e. The molecule has 0 atom stereocenters. The van der Waals surface area contributed by atoms with Gasteiger partial charge in [-0.3, -0.25) is 0 Å². The van der Waals surface area contributed by atoms with Crippen LogP contribution in [0.3, 0.4) is 0 Å². The molecule has 0 unspecified atom stereocenters. The van der Waals surface area contributed by atoms with Gasteiger partial charge in [0.25, 0.3) is 0 Å². The van der Waals surface area contributed by atoms with Gasteiger partial charge in [0.2, 0.25) is 0 Å². The summed E-state index contributed by atoms with van der Waals surface area (Å²) in [4.78, 5) is 12.6. The highest BCUT2D eigenvalue weighted by Crippen LogP contribution is 2.06. The first-order valence-corrected chi connectivity index (χ1v) is 3.82. The minimum Gasteiger partial charge on any atom is -0.329 e. The Kier molecular flexibility index (Phi) is 2.28. The molecular weight excluding hydrogens is 210 g/mol. The third-order valence-electron chi connectivity index (χ3n) is 1.13. The van der Waals surface area contributed by atoms with Crippen molar-refractivity contribution in [3.8, 4) is 0 Å². The highest BCUT2D eigenvalue weighted by atomic mass is 79.9. The van der Waals surface area contributed by atoms with E-state index in [1.54, 1.807) is 26.5 Å². The molecule has 0 N–H and O–H groups in total. The lowest BCUT2D eigenvalue weighted by Gasteiger charge is -2.08. The lowest BCUT2D eigenvalue weighted by Crippen LogP contribution is -2.27. The number of amides is 1. The molecule has 5 heteroatoms. The van der Waals surface area contributed by atoms with E-state index in [9.17, 15) is 4.79 Å². The van der Waals surface area contributed by atoms with Crippen LogP contribution in [0, 0.1) is 0 Å². The topological polar surface area (TPSA) is 38.1 Å². The summed E-state index contributed by atoms with van der Waals surface area (Å²) in [6.45, 7) is 0. The summed E-state index contributed by atoms with van der Waals surface area (Å²) in [5, 5.41) is 3.82. The summed E-state index contributed by atoms with van der Waals surface area (Å²) in [6, 6.07) is -0.157. The minimum atomic E-state index is -0.157. The summed E-state index contributed by atoms with van der Waals surface area (Å²) >= 11 is 3.20. The van der Waals surface area contributed by atoms with E-state index in [4.69, 9.17) is 0 Å². The second-order valence-electron chi connectivity index (χ2n) is 2.28. The summed E-state index contributed by atoms with van der Waals surface area (Å²) < 4.78 is 2.07. The molecule has 0 aromatic carbocycles. The van der Waals surface area contributed by atoms with Gasteiger partial charge in [0.15, 0.2) is 0 Å². The molecule has 0 aliphatic rings. The zero-order valence-corrected chi connectivity index (χ0v) is 7.87. The lowest BCUT2D eigenvalue weighted by molar-refractivity contribution is 0.216. The Hall–Kier alpha value is -0.840. The standard InChI is InChI=1S/C6H8BrN3O/c1-9(2)6(11)10-4-5(7)3-8-10/h3-4H,1-2H3. The van der Waals surface area contributed by atoms with Crippen molar-refractivity contribution in [1.29, 1.82) is 0 Å². The van der Waals surface area contributed by atoms with E-state index in [1.807, 2.05) is 0 Å². The molecule has 0 spiro atoms. The fraction of sp³-hybridized carbons (Fsp3) is 0.333. The maximum atomic E-state index is 11.2. The van der Waals surface area contributed by atoms with Crippen LogP contribution in [0.5, 0.6) is 0 Å². The molecule has 0 radical (unpaired) electrons. The van der Waals surface area contributed by atoms with Crippen LogP contribution >= 0.6 is 15.9 Å². The number of aromatic nitrogens is 2. The fourth-order valence-corrected chi connectivity index (χ4v) is 0.896. The van der Waals surface area contributed by atoms with Gasteiger partial charge in [-0.2, -0.15) is 9.78 Å². The zero-order valence-electron chi connectivity index (χ0n) is 6.28. The molecule has 11 heavy (non-hydrogen) atoms. The van der Waals surface area contributed by atoms with Crippen LogP contribution in [-0.4, -0.2) is 34.8 Å². The Morgan fingerprint density at radius 1 is 1.73 bits per heavy atom. The number of carbonyl (C=O) groups is 1. The molecule has 1 rings (SSSR count). The van der Waals surface area contributed by atoms with E-state index in [-0.39, 0.29) is 6.03 Å². The van der Waals surface area contributed by atoms with E-state index >= 15 is 0 Å². The van der Waals surface area contributed by atoms with E-state index in [0.717, 1.165) is 4.47 Å². The predicted molar refractivity (Wildman–Crippen MR) is 44.4 cm³/mol. The van der Waals surface area contributed by atoms with Crippen LogP contribution in [-0.2, 0) is 0 Å². The smallest absolute Gasteiger partial charge is 0.329 e. The molecule has 4 nitrogen and oxygen atoms in total. The lowest BCUT2D eigenvalue weighted by atomic mass is 10.7. The van der Waals surface area contributed by atoms with E-state index in [0.29, 0.717) is 0 Å². The highest BCUT2D eigenvalue weighted by molar-refractivity contribution is 9.10. The van der Waals surface area contributed by atoms with Gasteiger partial charge in [0.05, 0.1) is 10.7 Å². The van der Waals surface area contributed by atoms with E-state index in [1.165, 1.54) is 9.58 Å². The molecule has 1 heterocycles. The SMILES string of the molecule is CN(C)C(=O)n1cc(Br)cn1. The number of nitrogens with zero attached hydrogens (tertiary/aromatic N) is 3. The maximum absolute atomic E-state index is 11.2. The molecule has 0 aliphatic heterocycles. The Morgan fingerprint density at radius 2 is 2.36 bits per heavy atom. The van der Waals surface area contributed by atoms with Gasteiger partial charge in [-0.05, 0) is 15.9 Å². The van der Waals surface area contributed by atoms with Crippen LogP contribution in [0.25, 0.3) is 0 Å². The van der Waals surface area contributed by atoms with Gasteiger partial charge in [0.1, 0.15) is 0 Å². The Labute approximate surface area is 72.9 Å². The van der Waals surface area contributed by atoms with Gasteiger partial charge < -0.3 is 4.90 Å². The van der Waals surface area contributed by atoms with Crippen LogP contribution in [0.2, 0.25) is 0 Å². The van der Waals surface area contributed by atoms with Crippen LogP contribution in [0.1, 0.15) is 0 Å². The number of halogens is 1. The van der Waals surface area contributed by atoms with Crippen molar-refractivity contribution in [2.75, 3.05) is 14.1 Å². The summed E-state index contributed by atoms with van der Waals surface area (Å²) in [7, 11) is 3.36. The predicted octanol–water partition coefficient (Wildman–Crippen LogP) is 1.18. The van der Waals surface area contributed by atoms with Crippen molar-refractivity contribution in [2.24, 2.45) is 0 Å². The number of hydrogen-bond donors (Lipinski definition) is 0. The quantitative estimate of drug-likeness (QED) is 0.655. The molecule has 1 aromatic rings. The average Bonchev–Trinajstić information content (AvgIpc) is 2.34. The van der Waals surface area contributed by atoms with Gasteiger partial charge in [-0.15, -0.1) is 0 Å². The Morgan fingerprint density at radius 3 is 2.73 bits per heavy atom. The fourth-order valence-electron chi connectivity index (χ4n) is 0.610. The average molecular weight is 218 g/mol. The number of hydrogen-bond acceptors (Lipinski definition) is 2. The summed E-state index contributed by atoms with van der Waals surface area (Å²) in [5.41, 5.74) is 0. The van der Waals surface area contributed by atoms with Crippen molar-refractivity contribution in [3.05, 3.63) is 16.9 Å². The first-order chi connectivity index (χ1) is 5.11. The molecule has 0 aliphatic carbocycles. The summed E-state index contributed by atoms with van der Waals surface area (Å²) in [6.07, 6.45) is 3.18.